The number of pyridine rings is 1. The van der Waals surface area contributed by atoms with Gasteiger partial charge in [0.15, 0.2) is 0 Å². The molecule has 0 fully saturated rings. The number of alkyl halides is 6. The third kappa shape index (κ3) is 3.69. The van der Waals surface area contributed by atoms with Gasteiger partial charge in [-0.1, -0.05) is 15.9 Å². The Morgan fingerprint density at radius 2 is 2.00 bits per heavy atom. The molecule has 0 aliphatic heterocycles. The van der Waals surface area contributed by atoms with Crippen molar-refractivity contribution in [2.24, 2.45) is 0 Å². The van der Waals surface area contributed by atoms with Crippen LogP contribution in [-0.2, 0) is 5.33 Å². The van der Waals surface area contributed by atoms with Crippen molar-refractivity contribution in [1.29, 1.82) is 0 Å². The molecule has 0 saturated heterocycles. The highest BCUT2D eigenvalue weighted by Gasteiger charge is 2.35. The predicted molar refractivity (Wildman–Crippen MR) is 55.1 cm³/mol. The fourth-order valence-corrected chi connectivity index (χ4v) is 1.48. The number of rotatable bonds is 4. The molecule has 1 aromatic heterocycles. The fraction of sp³-hybridized carbons (Fsp3) is 0.444. The summed E-state index contributed by atoms with van der Waals surface area (Å²) in [6.45, 7) is 0. The summed E-state index contributed by atoms with van der Waals surface area (Å²) in [6, 6.07) is 0.784. The minimum absolute atomic E-state index is 0.0705. The first-order chi connectivity index (χ1) is 8.28. The van der Waals surface area contributed by atoms with Crippen LogP contribution in [0.4, 0.5) is 22.0 Å². The van der Waals surface area contributed by atoms with Gasteiger partial charge in [-0.3, -0.25) is 0 Å². The van der Waals surface area contributed by atoms with Gasteiger partial charge in [0.25, 0.3) is 6.43 Å². The van der Waals surface area contributed by atoms with Crippen molar-refractivity contribution >= 4 is 15.9 Å². The van der Waals surface area contributed by atoms with Crippen LogP contribution < -0.4 is 9.47 Å². The monoisotopic (exact) mass is 335 g/mol. The lowest BCUT2D eigenvalue weighted by Gasteiger charge is -2.16. The highest BCUT2D eigenvalue weighted by atomic mass is 79.9. The van der Waals surface area contributed by atoms with E-state index in [-0.39, 0.29) is 11.0 Å². The van der Waals surface area contributed by atoms with Crippen LogP contribution in [0.25, 0.3) is 0 Å². The molecule has 0 amide bonds. The van der Waals surface area contributed by atoms with Gasteiger partial charge >= 0.3 is 6.36 Å². The van der Waals surface area contributed by atoms with Crippen LogP contribution in [0.5, 0.6) is 11.6 Å². The van der Waals surface area contributed by atoms with Crippen molar-refractivity contribution in [2.45, 2.75) is 18.1 Å². The van der Waals surface area contributed by atoms with Crippen molar-refractivity contribution in [3.8, 4) is 11.6 Å². The van der Waals surface area contributed by atoms with Crippen LogP contribution >= 0.6 is 15.9 Å². The highest BCUT2D eigenvalue weighted by molar-refractivity contribution is 9.08. The molecular weight excluding hydrogens is 329 g/mol. The topological polar surface area (TPSA) is 31.4 Å². The summed E-state index contributed by atoms with van der Waals surface area (Å²) in [5, 5.41) is 0.0705. The van der Waals surface area contributed by atoms with Gasteiger partial charge < -0.3 is 9.47 Å². The molecule has 1 heterocycles. The van der Waals surface area contributed by atoms with Gasteiger partial charge in [0.2, 0.25) is 5.88 Å². The summed E-state index contributed by atoms with van der Waals surface area (Å²) in [7, 11) is 1.03. The molecular formula is C9H7BrF5NO2. The molecule has 0 N–H and O–H groups in total. The smallest absolute Gasteiger partial charge is 0.481 e. The highest BCUT2D eigenvalue weighted by Crippen LogP contribution is 2.39. The normalized spacial score (nSPS) is 11.8. The minimum atomic E-state index is -5.07. The Labute approximate surface area is 107 Å². The molecule has 9 heteroatoms. The number of aromatic nitrogens is 1. The molecule has 0 aromatic carbocycles. The molecule has 1 aromatic rings. The molecule has 1 rings (SSSR count). The maximum absolute atomic E-state index is 12.7. The largest absolute Gasteiger partial charge is 0.573 e. The molecule has 0 bridgehead atoms. The second-order valence-corrected chi connectivity index (χ2v) is 3.58. The van der Waals surface area contributed by atoms with Crippen LogP contribution in [-0.4, -0.2) is 18.5 Å². The first-order valence-corrected chi connectivity index (χ1v) is 5.58. The summed E-state index contributed by atoms with van der Waals surface area (Å²) in [6.07, 6.45) is -8.27. The average Bonchev–Trinajstić information content (AvgIpc) is 2.25. The van der Waals surface area contributed by atoms with E-state index in [1.807, 2.05) is 0 Å². The third-order valence-electron chi connectivity index (χ3n) is 1.81. The van der Waals surface area contributed by atoms with Crippen molar-refractivity contribution < 1.29 is 31.4 Å². The molecule has 0 radical (unpaired) electrons. The van der Waals surface area contributed by atoms with Gasteiger partial charge in [-0.25, -0.2) is 13.8 Å². The van der Waals surface area contributed by atoms with Crippen molar-refractivity contribution in [2.75, 3.05) is 7.11 Å². The minimum Gasteiger partial charge on any atom is -0.481 e. The molecule has 0 aliphatic carbocycles. The van der Waals surface area contributed by atoms with Crippen LogP contribution in [0.3, 0.4) is 0 Å². The number of halogens is 6. The van der Waals surface area contributed by atoms with Gasteiger partial charge in [0, 0.05) is 11.4 Å². The van der Waals surface area contributed by atoms with Crippen LogP contribution in [0.2, 0.25) is 0 Å². The summed E-state index contributed by atoms with van der Waals surface area (Å²) in [4.78, 5) is 3.63. The van der Waals surface area contributed by atoms with E-state index in [1.165, 1.54) is 0 Å². The summed E-state index contributed by atoms with van der Waals surface area (Å²) in [5.74, 6) is -1.61. The Morgan fingerprint density at radius 3 is 2.39 bits per heavy atom. The third-order valence-corrected chi connectivity index (χ3v) is 2.39. The number of nitrogens with zero attached hydrogens (tertiary/aromatic N) is 1. The molecule has 0 spiro atoms. The van der Waals surface area contributed by atoms with E-state index in [1.54, 1.807) is 0 Å². The first-order valence-electron chi connectivity index (χ1n) is 4.46. The quantitative estimate of drug-likeness (QED) is 0.619. The van der Waals surface area contributed by atoms with E-state index in [9.17, 15) is 22.0 Å². The lowest BCUT2D eigenvalue weighted by Crippen LogP contribution is -2.19. The fourth-order valence-electron chi connectivity index (χ4n) is 1.19. The summed E-state index contributed by atoms with van der Waals surface area (Å²) in [5.41, 5.74) is -0.949. The Balaban J connectivity index is 3.34. The van der Waals surface area contributed by atoms with Gasteiger partial charge in [0.05, 0.1) is 12.8 Å². The zero-order valence-corrected chi connectivity index (χ0v) is 10.5. The van der Waals surface area contributed by atoms with Gasteiger partial charge in [-0.2, -0.15) is 0 Å². The molecule has 18 heavy (non-hydrogen) atoms. The van der Waals surface area contributed by atoms with E-state index in [0.29, 0.717) is 0 Å². The maximum atomic E-state index is 12.7. The molecule has 102 valence electrons. The van der Waals surface area contributed by atoms with Crippen LogP contribution in [0, 0.1) is 0 Å². The maximum Gasteiger partial charge on any atom is 0.573 e. The van der Waals surface area contributed by atoms with Crippen molar-refractivity contribution in [3.05, 3.63) is 17.3 Å². The number of ether oxygens (including phenoxy) is 2. The molecule has 0 saturated carbocycles. The Kier molecular flexibility index (Phi) is 4.71. The lowest BCUT2D eigenvalue weighted by molar-refractivity contribution is -0.275. The van der Waals surface area contributed by atoms with E-state index < -0.39 is 30.0 Å². The van der Waals surface area contributed by atoms with E-state index in [4.69, 9.17) is 0 Å². The zero-order valence-electron chi connectivity index (χ0n) is 8.89. The van der Waals surface area contributed by atoms with E-state index in [0.717, 1.165) is 13.2 Å². The summed E-state index contributed by atoms with van der Waals surface area (Å²) < 4.78 is 69.9. The van der Waals surface area contributed by atoms with Crippen molar-refractivity contribution in [3.63, 3.8) is 0 Å². The SMILES string of the molecule is COc1nc(CBr)cc(OC(F)(F)F)c1C(F)F. The van der Waals surface area contributed by atoms with Gasteiger partial charge in [-0.05, 0) is 0 Å². The molecule has 0 unspecified atom stereocenters. The van der Waals surface area contributed by atoms with Crippen molar-refractivity contribution in [1.82, 2.24) is 4.98 Å². The van der Waals surface area contributed by atoms with Gasteiger partial charge in [-0.15, -0.1) is 13.2 Å². The summed E-state index contributed by atoms with van der Waals surface area (Å²) >= 11 is 2.95. The zero-order chi connectivity index (χ0) is 13.9. The van der Waals surface area contributed by atoms with Crippen LogP contribution in [0.1, 0.15) is 17.7 Å². The average molecular weight is 336 g/mol. The Morgan fingerprint density at radius 1 is 1.39 bits per heavy atom. The predicted octanol–water partition coefficient (Wildman–Crippen LogP) is 3.82. The van der Waals surface area contributed by atoms with E-state index >= 15 is 0 Å². The molecule has 0 atom stereocenters. The first kappa shape index (κ1) is 14.9. The number of hydrogen-bond acceptors (Lipinski definition) is 3. The molecule has 3 nitrogen and oxygen atoms in total. The van der Waals surface area contributed by atoms with Gasteiger partial charge in [0.1, 0.15) is 11.3 Å². The van der Waals surface area contributed by atoms with Crippen LogP contribution in [0.15, 0.2) is 6.07 Å². The second kappa shape index (κ2) is 5.68. The molecule has 0 aliphatic rings. The Hall–Kier alpha value is -1.12. The lowest BCUT2D eigenvalue weighted by atomic mass is 10.2. The standard InChI is InChI=1S/C9H7BrF5NO2/c1-17-8-6(7(11)12)5(18-9(13,14)15)2-4(3-10)16-8/h2,7H,3H2,1H3. The number of methoxy groups -OCH3 is 1. The Bertz CT molecular complexity index is 424. The second-order valence-electron chi connectivity index (χ2n) is 3.02. The number of hydrogen-bond donors (Lipinski definition) is 0. The van der Waals surface area contributed by atoms with E-state index in [2.05, 4.69) is 30.4 Å².